The highest BCUT2D eigenvalue weighted by Crippen LogP contribution is 2.38. The van der Waals surface area contributed by atoms with Crippen LogP contribution in [-0.4, -0.2) is 127 Å². The van der Waals surface area contributed by atoms with E-state index in [-0.39, 0.29) is 44.3 Å². The number of carbonyl (C=O) groups excluding carboxylic acids is 2. The topological polar surface area (TPSA) is 256 Å². The van der Waals surface area contributed by atoms with E-state index < -0.39 is 110 Å². The summed E-state index contributed by atoms with van der Waals surface area (Å²) in [7, 11) is 0. The molecular weight excluding hydrogens is 706 g/mol. The molecule has 2 bridgehead atoms. The summed E-state index contributed by atoms with van der Waals surface area (Å²) in [5.74, 6) is -6.81. The van der Waals surface area contributed by atoms with E-state index in [2.05, 4.69) is 0 Å². The molecule has 3 rings (SSSR count). The van der Waals surface area contributed by atoms with E-state index in [1.54, 1.807) is 56.4 Å². The molecule has 306 valence electrons. The van der Waals surface area contributed by atoms with Crippen molar-refractivity contribution in [2.45, 2.75) is 164 Å². The van der Waals surface area contributed by atoms with Crippen LogP contribution in [0.15, 0.2) is 48.6 Å². The van der Waals surface area contributed by atoms with Crippen LogP contribution in [0.4, 0.5) is 0 Å². The lowest BCUT2D eigenvalue weighted by molar-refractivity contribution is -0.308. The number of rotatable bonds is 6. The number of carbonyl (C=O) groups is 3. The molecule has 3 aliphatic heterocycles. The normalized spacial score (nSPS) is 42.3. The van der Waals surface area contributed by atoms with Crippen LogP contribution >= 0.6 is 0 Å². The van der Waals surface area contributed by atoms with Crippen molar-refractivity contribution in [3.63, 3.8) is 0 Å². The summed E-state index contributed by atoms with van der Waals surface area (Å²) in [6.07, 6.45) is 2.99. The third kappa shape index (κ3) is 13.7. The Balaban J connectivity index is 1.90. The van der Waals surface area contributed by atoms with Crippen molar-refractivity contribution < 1.29 is 69.1 Å². The minimum atomic E-state index is -2.15. The maximum Gasteiger partial charge on any atom is 0.311 e. The standard InChI is InChI=1S/C39H61NO14/c1-4-14-26-17-11-9-7-6-8-10-12-18-27(53-38-35(46)33(40)34(45)23(3)51-38)20-31-32(36(47)48)30(44)22-39(50,54-31)21-25(42)16-13-15-24(41)19-29(43)28(5-2)37(49)52-26/h6-12,18,23,25-35,38,42-46,50H,4-5,13-17,19-22,40H2,1-3H3,(H,47,48)/b7-6+,10-8+,11-9+,18-12+/t23-,25+,26-,27+,28-,29+,30-,31+,32-,33+,34-,35+,38+,39-/m1/s1. The highest BCUT2D eigenvalue weighted by molar-refractivity contribution is 5.80. The number of hydrogen-bond donors (Lipinski definition) is 8. The lowest BCUT2D eigenvalue weighted by Gasteiger charge is -2.45. The Kier molecular flexibility index (Phi) is 18.6. The second-order valence-corrected chi connectivity index (χ2v) is 14.7. The molecule has 3 aliphatic rings. The van der Waals surface area contributed by atoms with Gasteiger partial charge in [-0.05, 0) is 32.6 Å². The molecular formula is C39H61NO14. The second-order valence-electron chi connectivity index (χ2n) is 14.7. The zero-order valence-corrected chi connectivity index (χ0v) is 31.5. The molecule has 2 fully saturated rings. The lowest BCUT2D eigenvalue weighted by Crippen LogP contribution is -2.61. The van der Waals surface area contributed by atoms with Gasteiger partial charge in [0.2, 0.25) is 0 Å². The van der Waals surface area contributed by atoms with E-state index in [1.165, 1.54) is 0 Å². The number of hydrogen-bond acceptors (Lipinski definition) is 14. The molecule has 2 saturated heterocycles. The fourth-order valence-corrected chi connectivity index (χ4v) is 7.15. The maximum atomic E-state index is 13.0. The number of esters is 1. The van der Waals surface area contributed by atoms with Crippen LogP contribution in [0.1, 0.15) is 91.4 Å². The number of fused-ring (bicyclic) bond motifs is 2. The average Bonchev–Trinajstić information content (AvgIpc) is 3.08. The van der Waals surface area contributed by atoms with Gasteiger partial charge in [0, 0.05) is 38.5 Å². The molecule has 0 aromatic heterocycles. The number of carboxylic acids is 1. The zero-order chi connectivity index (χ0) is 40.0. The molecule has 0 spiro atoms. The number of aliphatic carboxylic acids is 1. The van der Waals surface area contributed by atoms with Crippen LogP contribution in [0.5, 0.6) is 0 Å². The first-order valence-corrected chi connectivity index (χ1v) is 19.1. The zero-order valence-electron chi connectivity index (χ0n) is 31.5. The summed E-state index contributed by atoms with van der Waals surface area (Å²) < 4.78 is 23.4. The minimum absolute atomic E-state index is 0.0177. The smallest absolute Gasteiger partial charge is 0.311 e. The minimum Gasteiger partial charge on any atom is -0.481 e. The highest BCUT2D eigenvalue weighted by atomic mass is 16.7. The van der Waals surface area contributed by atoms with Gasteiger partial charge in [-0.1, -0.05) is 68.9 Å². The SMILES string of the molecule is CCC[C@@H]1C/C=C/C=C/C=C/C=C/[C@H](O[C@@H]2O[C@H](C)[C@@H](O)[C@H](N)[C@@H]2O)C[C@@H]2O[C@](O)(C[C@@H](O)CCCC(=O)C[C@H](O)[C@@H](CC)C(=O)O1)C[C@@H](O)[C@H]2C(=O)O. The molecule has 0 unspecified atom stereocenters. The van der Waals surface area contributed by atoms with Gasteiger partial charge in [-0.2, -0.15) is 0 Å². The predicted molar refractivity (Wildman–Crippen MR) is 195 cm³/mol. The van der Waals surface area contributed by atoms with Gasteiger partial charge in [0.1, 0.15) is 23.9 Å². The fraction of sp³-hybridized carbons (Fsp3) is 0.718. The van der Waals surface area contributed by atoms with Crippen LogP contribution in [-0.2, 0) is 33.3 Å². The summed E-state index contributed by atoms with van der Waals surface area (Å²) in [5, 5.41) is 75.1. The van der Waals surface area contributed by atoms with Crippen LogP contribution in [0.25, 0.3) is 0 Å². The Bertz CT molecular complexity index is 1320. The van der Waals surface area contributed by atoms with Gasteiger partial charge in [0.05, 0.1) is 54.7 Å². The Hall–Kier alpha value is -2.83. The monoisotopic (exact) mass is 767 g/mol. The van der Waals surface area contributed by atoms with E-state index in [0.29, 0.717) is 12.8 Å². The molecule has 0 aliphatic carbocycles. The van der Waals surface area contributed by atoms with E-state index in [1.807, 2.05) is 13.0 Å². The summed E-state index contributed by atoms with van der Waals surface area (Å²) >= 11 is 0. The number of aliphatic hydroxyl groups excluding tert-OH is 5. The van der Waals surface area contributed by atoms with E-state index in [9.17, 15) is 50.1 Å². The summed E-state index contributed by atoms with van der Waals surface area (Å²) in [6, 6.07) is -1.10. The molecule has 0 aromatic carbocycles. The Morgan fingerprint density at radius 1 is 0.981 bits per heavy atom. The number of allylic oxidation sites excluding steroid dienone is 6. The largest absolute Gasteiger partial charge is 0.481 e. The van der Waals surface area contributed by atoms with E-state index >= 15 is 0 Å². The van der Waals surface area contributed by atoms with Gasteiger partial charge < -0.3 is 60.4 Å². The first-order chi connectivity index (χ1) is 25.6. The van der Waals surface area contributed by atoms with Gasteiger partial charge in [-0.3, -0.25) is 14.4 Å². The number of aliphatic hydroxyl groups is 6. The number of ketones is 1. The molecule has 54 heavy (non-hydrogen) atoms. The maximum absolute atomic E-state index is 13.0. The average molecular weight is 768 g/mol. The van der Waals surface area contributed by atoms with Gasteiger partial charge in [0.15, 0.2) is 12.1 Å². The number of cyclic esters (lactones) is 1. The van der Waals surface area contributed by atoms with Crippen molar-refractivity contribution in [2.24, 2.45) is 17.6 Å². The molecule has 3 heterocycles. The molecule has 15 heteroatoms. The van der Waals surface area contributed by atoms with Gasteiger partial charge in [-0.15, -0.1) is 0 Å². The van der Waals surface area contributed by atoms with Crippen LogP contribution in [0, 0.1) is 11.8 Å². The number of ether oxygens (including phenoxy) is 4. The third-order valence-electron chi connectivity index (χ3n) is 10.2. The first-order valence-electron chi connectivity index (χ1n) is 19.1. The number of nitrogens with two attached hydrogens (primary N) is 1. The Labute approximate surface area is 317 Å². The predicted octanol–water partition coefficient (Wildman–Crippen LogP) is 1.70. The van der Waals surface area contributed by atoms with Gasteiger partial charge in [0.25, 0.3) is 0 Å². The van der Waals surface area contributed by atoms with Crippen molar-refractivity contribution in [3.8, 4) is 0 Å². The van der Waals surface area contributed by atoms with Crippen LogP contribution in [0.3, 0.4) is 0 Å². The summed E-state index contributed by atoms with van der Waals surface area (Å²) in [4.78, 5) is 38.2. The van der Waals surface area contributed by atoms with Crippen LogP contribution < -0.4 is 5.73 Å². The van der Waals surface area contributed by atoms with Crippen molar-refractivity contribution in [1.29, 1.82) is 0 Å². The van der Waals surface area contributed by atoms with Crippen molar-refractivity contribution in [2.75, 3.05) is 0 Å². The fourth-order valence-electron chi connectivity index (χ4n) is 7.15. The number of Topliss-reactive ketones (excluding diaryl/α,β-unsaturated/α-hetero) is 1. The first kappa shape index (κ1) is 45.6. The van der Waals surface area contributed by atoms with Gasteiger partial charge >= 0.3 is 11.9 Å². The van der Waals surface area contributed by atoms with Crippen molar-refractivity contribution >= 4 is 17.7 Å². The van der Waals surface area contributed by atoms with E-state index in [0.717, 1.165) is 6.42 Å². The lowest BCUT2D eigenvalue weighted by atomic mass is 9.83. The van der Waals surface area contributed by atoms with Crippen LogP contribution in [0.2, 0.25) is 0 Å². The summed E-state index contributed by atoms with van der Waals surface area (Å²) in [5.41, 5.74) is 6.00. The second kappa shape index (κ2) is 22.0. The highest BCUT2D eigenvalue weighted by Gasteiger charge is 2.50. The van der Waals surface area contributed by atoms with Crippen molar-refractivity contribution in [1.82, 2.24) is 0 Å². The Morgan fingerprint density at radius 3 is 2.33 bits per heavy atom. The molecule has 9 N–H and O–H groups in total. The molecule has 0 radical (unpaired) electrons. The third-order valence-corrected chi connectivity index (χ3v) is 10.2. The molecule has 0 saturated carbocycles. The molecule has 0 amide bonds. The number of carboxylic acid groups (broad SMARTS) is 1. The van der Waals surface area contributed by atoms with E-state index in [4.69, 9.17) is 24.7 Å². The quantitative estimate of drug-likeness (QED) is 0.179. The van der Waals surface area contributed by atoms with Crippen molar-refractivity contribution in [3.05, 3.63) is 48.6 Å². The summed E-state index contributed by atoms with van der Waals surface area (Å²) in [6.45, 7) is 5.27. The Morgan fingerprint density at radius 2 is 1.67 bits per heavy atom. The molecule has 0 aromatic rings. The molecule has 15 nitrogen and oxygen atoms in total. The van der Waals surface area contributed by atoms with Gasteiger partial charge in [-0.25, -0.2) is 0 Å². The molecule has 14 atom stereocenters.